The third-order valence-electron chi connectivity index (χ3n) is 4.36. The Bertz CT molecular complexity index is 576. The number of hydrogen-bond donors (Lipinski definition) is 1. The molecule has 1 heterocycles. The topological polar surface area (TPSA) is 38.3 Å². The second-order valence-electron chi connectivity index (χ2n) is 5.75. The number of carbonyl (C=O) groups is 1. The summed E-state index contributed by atoms with van der Waals surface area (Å²) in [5.41, 5.74) is 4.97. The molecule has 106 valence electrons. The summed E-state index contributed by atoms with van der Waals surface area (Å²) in [6.45, 7) is 5.37. The predicted molar refractivity (Wildman–Crippen MR) is 79.3 cm³/mol. The van der Waals surface area contributed by atoms with E-state index < -0.39 is 5.60 Å². The molecule has 0 saturated carbocycles. The van der Waals surface area contributed by atoms with Crippen LogP contribution in [0, 0.1) is 0 Å². The Morgan fingerprint density at radius 1 is 1.40 bits per heavy atom. The highest BCUT2D eigenvalue weighted by molar-refractivity contribution is 5.82. The first-order valence-electron chi connectivity index (χ1n) is 7.35. The first-order valence-corrected chi connectivity index (χ1v) is 7.35. The van der Waals surface area contributed by atoms with Gasteiger partial charge in [-0.3, -0.25) is 4.79 Å². The van der Waals surface area contributed by atoms with Gasteiger partial charge in [0.2, 0.25) is 5.91 Å². The van der Waals surface area contributed by atoms with Crippen molar-refractivity contribution >= 4 is 11.5 Å². The van der Waals surface area contributed by atoms with Gasteiger partial charge in [0.05, 0.1) is 18.6 Å². The fourth-order valence-corrected chi connectivity index (χ4v) is 3.41. The number of benzene rings is 1. The molecule has 0 aromatic heterocycles. The van der Waals surface area contributed by atoms with Crippen LogP contribution >= 0.6 is 0 Å². The van der Waals surface area contributed by atoms with E-state index in [1.54, 1.807) is 0 Å². The van der Waals surface area contributed by atoms with Gasteiger partial charge in [-0.25, -0.2) is 0 Å². The van der Waals surface area contributed by atoms with Crippen LogP contribution in [0.4, 0.5) is 0 Å². The van der Waals surface area contributed by atoms with E-state index in [1.165, 1.54) is 22.3 Å². The molecule has 0 spiro atoms. The fourth-order valence-electron chi connectivity index (χ4n) is 3.41. The van der Waals surface area contributed by atoms with Crippen molar-refractivity contribution in [3.8, 4) is 0 Å². The van der Waals surface area contributed by atoms with E-state index in [4.69, 9.17) is 4.74 Å². The van der Waals surface area contributed by atoms with Crippen molar-refractivity contribution in [1.82, 2.24) is 5.32 Å². The van der Waals surface area contributed by atoms with E-state index in [0.717, 1.165) is 12.8 Å². The maximum atomic E-state index is 12.0. The fraction of sp³-hybridized carbons (Fsp3) is 0.471. The molecule has 1 N–H and O–H groups in total. The van der Waals surface area contributed by atoms with Crippen molar-refractivity contribution in [2.45, 2.75) is 38.7 Å². The maximum Gasteiger partial charge on any atom is 0.223 e. The smallest absolute Gasteiger partial charge is 0.223 e. The Hall–Kier alpha value is -1.61. The molecular formula is C17H21NO2. The molecule has 1 aliphatic carbocycles. The molecule has 1 unspecified atom stereocenters. The number of hydrogen-bond acceptors (Lipinski definition) is 2. The van der Waals surface area contributed by atoms with Gasteiger partial charge in [0, 0.05) is 6.54 Å². The van der Waals surface area contributed by atoms with Crippen LogP contribution in [0.25, 0.3) is 5.57 Å². The number of carbonyl (C=O) groups excluding carboxylic acids is 1. The highest BCUT2D eigenvalue weighted by Crippen LogP contribution is 2.45. The van der Waals surface area contributed by atoms with Crippen molar-refractivity contribution in [3.63, 3.8) is 0 Å². The molecular weight excluding hydrogens is 250 g/mol. The lowest BCUT2D eigenvalue weighted by molar-refractivity contribution is -0.126. The van der Waals surface area contributed by atoms with Gasteiger partial charge in [-0.15, -0.1) is 0 Å². The van der Waals surface area contributed by atoms with Gasteiger partial charge in [0.25, 0.3) is 0 Å². The standard InChI is InChI=1S/C17H21NO2/c1-3-18-16(19)11-17(2)15-10-12-6-4-5-7-13(12)14(15)8-9-20-17/h4-7H,3,8-11H2,1-2H3,(H,18,19). The summed E-state index contributed by atoms with van der Waals surface area (Å²) in [6.07, 6.45) is 2.28. The molecule has 0 saturated heterocycles. The van der Waals surface area contributed by atoms with Crippen LogP contribution < -0.4 is 5.32 Å². The zero-order valence-corrected chi connectivity index (χ0v) is 12.2. The molecule has 1 atom stereocenters. The Kier molecular flexibility index (Phi) is 3.38. The van der Waals surface area contributed by atoms with Crippen LogP contribution in [0.3, 0.4) is 0 Å². The Morgan fingerprint density at radius 3 is 3.00 bits per heavy atom. The second kappa shape index (κ2) is 5.06. The van der Waals surface area contributed by atoms with E-state index in [-0.39, 0.29) is 5.91 Å². The van der Waals surface area contributed by atoms with Crippen LogP contribution in [-0.4, -0.2) is 24.7 Å². The predicted octanol–water partition coefficient (Wildman–Crippen LogP) is 2.70. The zero-order valence-electron chi connectivity index (χ0n) is 12.2. The highest BCUT2D eigenvalue weighted by atomic mass is 16.5. The molecule has 3 rings (SSSR count). The van der Waals surface area contributed by atoms with Gasteiger partial charge in [-0.05, 0) is 49.0 Å². The number of fused-ring (bicyclic) bond motifs is 2. The molecule has 3 heteroatoms. The lowest BCUT2D eigenvalue weighted by Crippen LogP contribution is -2.41. The number of ether oxygens (including phenoxy) is 1. The third-order valence-corrected chi connectivity index (χ3v) is 4.36. The third kappa shape index (κ3) is 2.16. The molecule has 1 aliphatic heterocycles. The Labute approximate surface area is 120 Å². The van der Waals surface area contributed by atoms with Crippen LogP contribution in [0.1, 0.15) is 37.8 Å². The van der Waals surface area contributed by atoms with Crippen LogP contribution in [-0.2, 0) is 16.0 Å². The molecule has 2 aliphatic rings. The number of amides is 1. The van der Waals surface area contributed by atoms with Gasteiger partial charge in [0.1, 0.15) is 0 Å². The molecule has 3 nitrogen and oxygen atoms in total. The molecule has 0 bridgehead atoms. The zero-order chi connectivity index (χ0) is 14.2. The lowest BCUT2D eigenvalue weighted by Gasteiger charge is -2.36. The molecule has 1 aromatic rings. The van der Waals surface area contributed by atoms with Crippen molar-refractivity contribution in [3.05, 3.63) is 41.0 Å². The van der Waals surface area contributed by atoms with Gasteiger partial charge in [-0.1, -0.05) is 24.3 Å². The maximum absolute atomic E-state index is 12.0. The van der Waals surface area contributed by atoms with E-state index in [0.29, 0.717) is 19.6 Å². The van der Waals surface area contributed by atoms with E-state index in [2.05, 4.69) is 36.5 Å². The van der Waals surface area contributed by atoms with Crippen molar-refractivity contribution in [2.75, 3.05) is 13.2 Å². The Balaban J connectivity index is 1.92. The lowest BCUT2D eigenvalue weighted by atomic mass is 9.85. The summed E-state index contributed by atoms with van der Waals surface area (Å²) in [4.78, 5) is 12.0. The minimum Gasteiger partial charge on any atom is -0.370 e. The van der Waals surface area contributed by atoms with Crippen molar-refractivity contribution < 1.29 is 9.53 Å². The average molecular weight is 271 g/mol. The average Bonchev–Trinajstić information content (AvgIpc) is 2.79. The van der Waals surface area contributed by atoms with E-state index in [9.17, 15) is 4.79 Å². The molecule has 20 heavy (non-hydrogen) atoms. The molecule has 0 radical (unpaired) electrons. The largest absolute Gasteiger partial charge is 0.370 e. The normalized spacial score (nSPS) is 24.3. The van der Waals surface area contributed by atoms with Gasteiger partial charge in [-0.2, -0.15) is 0 Å². The highest BCUT2D eigenvalue weighted by Gasteiger charge is 2.40. The van der Waals surface area contributed by atoms with Crippen LogP contribution in [0.2, 0.25) is 0 Å². The van der Waals surface area contributed by atoms with Crippen molar-refractivity contribution in [1.29, 1.82) is 0 Å². The molecule has 1 amide bonds. The first kappa shape index (κ1) is 13.4. The first-order chi connectivity index (χ1) is 9.64. The summed E-state index contributed by atoms with van der Waals surface area (Å²) in [7, 11) is 0. The van der Waals surface area contributed by atoms with Crippen molar-refractivity contribution in [2.24, 2.45) is 0 Å². The monoisotopic (exact) mass is 271 g/mol. The van der Waals surface area contributed by atoms with E-state index >= 15 is 0 Å². The minimum absolute atomic E-state index is 0.0692. The molecule has 0 fully saturated rings. The Morgan fingerprint density at radius 2 is 2.20 bits per heavy atom. The van der Waals surface area contributed by atoms with Gasteiger partial charge < -0.3 is 10.1 Å². The molecule has 1 aromatic carbocycles. The number of nitrogens with one attached hydrogen (secondary N) is 1. The van der Waals surface area contributed by atoms with Crippen LogP contribution in [0.5, 0.6) is 0 Å². The number of rotatable bonds is 3. The summed E-state index contributed by atoms with van der Waals surface area (Å²) in [5.74, 6) is 0.0692. The summed E-state index contributed by atoms with van der Waals surface area (Å²) in [5, 5.41) is 2.88. The summed E-state index contributed by atoms with van der Waals surface area (Å²) in [6, 6.07) is 8.54. The van der Waals surface area contributed by atoms with Crippen LogP contribution in [0.15, 0.2) is 29.8 Å². The SMILES string of the molecule is CCNC(=O)CC1(C)OCCC2=C1Cc1ccccc12. The summed E-state index contributed by atoms with van der Waals surface area (Å²) >= 11 is 0. The van der Waals surface area contributed by atoms with Gasteiger partial charge in [0.15, 0.2) is 0 Å². The second-order valence-corrected chi connectivity index (χ2v) is 5.75. The van der Waals surface area contributed by atoms with Gasteiger partial charge >= 0.3 is 0 Å². The van der Waals surface area contributed by atoms with E-state index in [1.807, 2.05) is 6.92 Å². The minimum atomic E-state index is -0.453. The summed E-state index contributed by atoms with van der Waals surface area (Å²) < 4.78 is 6.01. The quantitative estimate of drug-likeness (QED) is 0.918.